The number of nitriles is 1. The highest BCUT2D eigenvalue weighted by atomic mass is 32.1. The molecule has 1 amide bonds. The molecule has 1 aromatic rings. The summed E-state index contributed by atoms with van der Waals surface area (Å²) in [5.41, 5.74) is 5.91. The normalized spacial score (nSPS) is 11.1. The van der Waals surface area contributed by atoms with Crippen LogP contribution < -0.4 is 5.73 Å². The maximum atomic E-state index is 10.8. The first-order valence-electron chi connectivity index (χ1n) is 4.03. The molecule has 0 radical (unpaired) electrons. The number of nitrogens with two attached hydrogens (primary N) is 1. The molecule has 3 nitrogen and oxygen atoms in total. The van der Waals surface area contributed by atoms with Gasteiger partial charge in [0.1, 0.15) is 11.6 Å². The van der Waals surface area contributed by atoms with E-state index in [1.807, 2.05) is 19.9 Å². The lowest BCUT2D eigenvalue weighted by molar-refractivity contribution is -0.114. The Morgan fingerprint density at radius 2 is 2.29 bits per heavy atom. The summed E-state index contributed by atoms with van der Waals surface area (Å²) in [4.78, 5) is 13.0. The second kappa shape index (κ2) is 4.07. The topological polar surface area (TPSA) is 66.9 Å². The van der Waals surface area contributed by atoms with Crippen LogP contribution in [-0.2, 0) is 4.79 Å². The van der Waals surface area contributed by atoms with Crippen LogP contribution in [0.2, 0.25) is 0 Å². The number of hydrogen-bond donors (Lipinski definition) is 1. The van der Waals surface area contributed by atoms with E-state index in [1.165, 1.54) is 6.08 Å². The molecule has 0 saturated heterocycles. The predicted molar refractivity (Wildman–Crippen MR) is 56.6 cm³/mol. The summed E-state index contributed by atoms with van der Waals surface area (Å²) >= 11 is 1.63. The van der Waals surface area contributed by atoms with E-state index < -0.39 is 5.91 Å². The molecule has 0 aliphatic rings. The van der Waals surface area contributed by atoms with Crippen LogP contribution in [0.4, 0.5) is 0 Å². The van der Waals surface area contributed by atoms with E-state index in [2.05, 4.69) is 0 Å². The summed E-state index contributed by atoms with van der Waals surface area (Å²) in [6, 6.07) is 3.71. The molecule has 0 aliphatic carbocycles. The number of carbonyl (C=O) groups excluding carboxylic acids is 1. The molecule has 1 rings (SSSR count). The lowest BCUT2D eigenvalue weighted by Gasteiger charge is -1.91. The Hall–Kier alpha value is -1.60. The molecule has 14 heavy (non-hydrogen) atoms. The Kier molecular flexibility index (Phi) is 3.05. The molecule has 0 fully saturated rings. The summed E-state index contributed by atoms with van der Waals surface area (Å²) < 4.78 is 0. The molecule has 0 aromatic carbocycles. The van der Waals surface area contributed by atoms with Gasteiger partial charge in [0.15, 0.2) is 0 Å². The number of primary amides is 1. The van der Waals surface area contributed by atoms with E-state index in [-0.39, 0.29) is 5.57 Å². The Bertz CT molecular complexity index is 437. The first-order valence-corrected chi connectivity index (χ1v) is 4.85. The van der Waals surface area contributed by atoms with Crippen molar-refractivity contribution in [1.82, 2.24) is 0 Å². The van der Waals surface area contributed by atoms with E-state index in [1.54, 1.807) is 17.4 Å². The molecule has 4 heteroatoms. The highest BCUT2D eigenvalue weighted by Gasteiger charge is 2.06. The first-order chi connectivity index (χ1) is 6.54. The van der Waals surface area contributed by atoms with Crippen LogP contribution in [0.25, 0.3) is 6.08 Å². The van der Waals surface area contributed by atoms with Crippen molar-refractivity contribution in [3.05, 3.63) is 27.0 Å². The van der Waals surface area contributed by atoms with Crippen molar-refractivity contribution in [3.8, 4) is 6.07 Å². The fourth-order valence-corrected chi connectivity index (χ4v) is 2.01. The summed E-state index contributed by atoms with van der Waals surface area (Å²) in [5, 5.41) is 8.64. The maximum absolute atomic E-state index is 10.8. The van der Waals surface area contributed by atoms with Crippen molar-refractivity contribution in [2.45, 2.75) is 13.8 Å². The van der Waals surface area contributed by atoms with Crippen LogP contribution in [-0.4, -0.2) is 5.91 Å². The second-order valence-electron chi connectivity index (χ2n) is 2.90. The summed E-state index contributed by atoms with van der Waals surface area (Å²) in [5.74, 6) is -0.684. The Labute approximate surface area is 86.5 Å². The number of amides is 1. The van der Waals surface area contributed by atoms with Crippen molar-refractivity contribution in [2.75, 3.05) is 0 Å². The highest BCUT2D eigenvalue weighted by Crippen LogP contribution is 2.22. The molecule has 1 heterocycles. The first kappa shape index (κ1) is 10.5. The van der Waals surface area contributed by atoms with Crippen LogP contribution in [0.3, 0.4) is 0 Å². The summed E-state index contributed by atoms with van der Waals surface area (Å²) in [7, 11) is 0. The van der Waals surface area contributed by atoms with Gasteiger partial charge in [0.2, 0.25) is 0 Å². The van der Waals surface area contributed by atoms with Crippen LogP contribution in [0, 0.1) is 25.2 Å². The average molecular weight is 206 g/mol. The van der Waals surface area contributed by atoms with E-state index in [0.29, 0.717) is 0 Å². The molecular formula is C10H10N2OS. The zero-order valence-electron chi connectivity index (χ0n) is 8.00. The number of hydrogen-bond acceptors (Lipinski definition) is 3. The lowest BCUT2D eigenvalue weighted by atomic mass is 10.1. The molecule has 0 aliphatic heterocycles. The standard InChI is InChI=1S/C10H10N2OS/c1-6-3-8(7(2)14-6)4-9(5-11)10(12)13/h3-4H,1-2H3,(H2,12,13). The zero-order chi connectivity index (χ0) is 10.7. The molecule has 72 valence electrons. The van der Waals surface area contributed by atoms with E-state index in [9.17, 15) is 4.79 Å². The van der Waals surface area contributed by atoms with Crippen molar-refractivity contribution in [1.29, 1.82) is 5.26 Å². The SMILES string of the molecule is Cc1cc(C=C(C#N)C(N)=O)c(C)s1. The quantitative estimate of drug-likeness (QED) is 0.591. The number of nitrogens with zero attached hydrogens (tertiary/aromatic N) is 1. The zero-order valence-corrected chi connectivity index (χ0v) is 8.81. The van der Waals surface area contributed by atoms with Crippen LogP contribution in [0.15, 0.2) is 11.6 Å². The Morgan fingerprint density at radius 3 is 2.64 bits per heavy atom. The van der Waals surface area contributed by atoms with Gasteiger partial charge in [-0.15, -0.1) is 11.3 Å². The third-order valence-electron chi connectivity index (χ3n) is 1.77. The van der Waals surface area contributed by atoms with Crippen molar-refractivity contribution in [2.24, 2.45) is 5.73 Å². The van der Waals surface area contributed by atoms with Crippen LogP contribution in [0.1, 0.15) is 15.3 Å². The number of aryl methyl sites for hydroxylation is 2. The lowest BCUT2D eigenvalue weighted by Crippen LogP contribution is -2.12. The van der Waals surface area contributed by atoms with Gasteiger partial charge in [0.05, 0.1) is 0 Å². The van der Waals surface area contributed by atoms with Crippen molar-refractivity contribution >= 4 is 23.3 Å². The van der Waals surface area contributed by atoms with Gasteiger partial charge in [-0.1, -0.05) is 0 Å². The van der Waals surface area contributed by atoms with Gasteiger partial charge in [-0.05, 0) is 31.6 Å². The third kappa shape index (κ3) is 2.21. The molecule has 0 atom stereocenters. The summed E-state index contributed by atoms with van der Waals surface area (Å²) in [6.45, 7) is 3.92. The largest absolute Gasteiger partial charge is 0.365 e. The van der Waals surface area contributed by atoms with Gasteiger partial charge in [-0.2, -0.15) is 5.26 Å². The smallest absolute Gasteiger partial charge is 0.259 e. The average Bonchev–Trinajstić information content (AvgIpc) is 2.40. The monoisotopic (exact) mass is 206 g/mol. The van der Waals surface area contributed by atoms with Crippen LogP contribution >= 0.6 is 11.3 Å². The summed E-state index contributed by atoms with van der Waals surface area (Å²) in [6.07, 6.45) is 1.53. The number of rotatable bonds is 2. The van der Waals surface area contributed by atoms with Crippen molar-refractivity contribution in [3.63, 3.8) is 0 Å². The minimum atomic E-state index is -0.684. The van der Waals surface area contributed by atoms with E-state index in [0.717, 1.165) is 15.3 Å². The van der Waals surface area contributed by atoms with Gasteiger partial charge in [0.25, 0.3) is 5.91 Å². The van der Waals surface area contributed by atoms with Crippen LogP contribution in [0.5, 0.6) is 0 Å². The predicted octanol–water partition coefficient (Wildman–Crippen LogP) is 1.76. The van der Waals surface area contributed by atoms with E-state index >= 15 is 0 Å². The Morgan fingerprint density at radius 1 is 1.64 bits per heavy atom. The Balaban J connectivity index is 3.14. The van der Waals surface area contributed by atoms with E-state index in [4.69, 9.17) is 11.0 Å². The molecule has 0 unspecified atom stereocenters. The molecule has 1 aromatic heterocycles. The molecular weight excluding hydrogens is 196 g/mol. The molecule has 0 bridgehead atoms. The minimum absolute atomic E-state index is 0.00843. The number of thiophene rings is 1. The van der Waals surface area contributed by atoms with Crippen molar-refractivity contribution < 1.29 is 4.79 Å². The second-order valence-corrected chi connectivity index (χ2v) is 4.36. The third-order valence-corrected chi connectivity index (χ3v) is 2.75. The fraction of sp³-hybridized carbons (Fsp3) is 0.200. The van der Waals surface area contributed by atoms with Gasteiger partial charge in [-0.25, -0.2) is 0 Å². The molecule has 0 spiro atoms. The maximum Gasteiger partial charge on any atom is 0.259 e. The fourth-order valence-electron chi connectivity index (χ4n) is 1.11. The van der Waals surface area contributed by atoms with Gasteiger partial charge < -0.3 is 5.73 Å². The molecule has 0 saturated carbocycles. The minimum Gasteiger partial charge on any atom is -0.365 e. The van der Waals surface area contributed by atoms with Gasteiger partial charge >= 0.3 is 0 Å². The van der Waals surface area contributed by atoms with Gasteiger partial charge in [-0.3, -0.25) is 4.79 Å². The number of carbonyl (C=O) groups is 1. The van der Waals surface area contributed by atoms with Gasteiger partial charge in [0, 0.05) is 9.75 Å². The highest BCUT2D eigenvalue weighted by molar-refractivity contribution is 7.12. The molecule has 2 N–H and O–H groups in total.